The molecular weight excluding hydrogens is 292 g/mol. The average molecular weight is 301 g/mol. The normalized spacial score (nSPS) is 12.3. The summed E-state index contributed by atoms with van der Waals surface area (Å²) >= 11 is 0. The van der Waals surface area contributed by atoms with Crippen molar-refractivity contribution in [1.82, 2.24) is 0 Å². The van der Waals surface area contributed by atoms with Crippen LogP contribution in [0.5, 0.6) is 0 Å². The van der Waals surface area contributed by atoms with Gasteiger partial charge in [0.2, 0.25) is 0 Å². The zero-order valence-corrected chi connectivity index (χ0v) is 9.77. The predicted molar refractivity (Wildman–Crippen MR) is 57.6 cm³/mol. The van der Waals surface area contributed by atoms with Gasteiger partial charge in [-0.2, -0.15) is 26.3 Å². The third-order valence-corrected chi connectivity index (χ3v) is 2.29. The summed E-state index contributed by atoms with van der Waals surface area (Å²) in [5.41, 5.74) is -2.50. The Morgan fingerprint density at radius 2 is 1.75 bits per heavy atom. The smallest absolute Gasteiger partial charge is 0.417 e. The van der Waals surface area contributed by atoms with Crippen molar-refractivity contribution in [2.75, 3.05) is 11.9 Å². The Hall–Kier alpha value is -1.93. The maximum Gasteiger partial charge on any atom is 0.417 e. The molecule has 0 aliphatic carbocycles. The van der Waals surface area contributed by atoms with E-state index in [0.29, 0.717) is 12.1 Å². The van der Waals surface area contributed by atoms with Crippen molar-refractivity contribution in [3.05, 3.63) is 29.3 Å². The number of nitrogens with one attached hydrogen (secondary N) is 1. The lowest BCUT2D eigenvalue weighted by Crippen LogP contribution is -2.16. The maximum atomic E-state index is 12.5. The van der Waals surface area contributed by atoms with Crippen LogP contribution in [0.15, 0.2) is 18.2 Å². The van der Waals surface area contributed by atoms with Crippen molar-refractivity contribution in [3.63, 3.8) is 0 Å². The molecule has 0 aliphatic heterocycles. The largest absolute Gasteiger partial charge is 0.478 e. The number of carboxylic acid groups (broad SMARTS) is 1. The van der Waals surface area contributed by atoms with Gasteiger partial charge in [-0.15, -0.1) is 0 Å². The zero-order chi connectivity index (χ0) is 15.6. The fourth-order valence-corrected chi connectivity index (χ4v) is 1.43. The van der Waals surface area contributed by atoms with Gasteiger partial charge < -0.3 is 10.4 Å². The molecule has 0 bridgehead atoms. The van der Waals surface area contributed by atoms with Gasteiger partial charge in [0.1, 0.15) is 0 Å². The third kappa shape index (κ3) is 4.63. The maximum absolute atomic E-state index is 12.5. The van der Waals surface area contributed by atoms with E-state index in [2.05, 4.69) is 5.32 Å². The zero-order valence-electron chi connectivity index (χ0n) is 9.77. The SMILES string of the molecule is O=C(O)c1cc(NCCC(F)(F)F)ccc1C(F)(F)F. The quantitative estimate of drug-likeness (QED) is 0.832. The number of hydrogen-bond acceptors (Lipinski definition) is 2. The molecule has 0 saturated heterocycles. The molecule has 1 rings (SSSR count). The van der Waals surface area contributed by atoms with Gasteiger partial charge >= 0.3 is 18.3 Å². The van der Waals surface area contributed by atoms with Crippen molar-refractivity contribution in [2.45, 2.75) is 18.8 Å². The average Bonchev–Trinajstić information content (AvgIpc) is 2.25. The Labute approximate surface area is 109 Å². The number of rotatable bonds is 4. The minimum atomic E-state index is -4.85. The molecule has 1 aromatic rings. The Morgan fingerprint density at radius 1 is 1.15 bits per heavy atom. The van der Waals surface area contributed by atoms with E-state index in [1.165, 1.54) is 0 Å². The van der Waals surface area contributed by atoms with Gasteiger partial charge in [0.25, 0.3) is 0 Å². The van der Waals surface area contributed by atoms with Crippen LogP contribution in [0, 0.1) is 0 Å². The van der Waals surface area contributed by atoms with E-state index in [0.717, 1.165) is 6.07 Å². The minimum absolute atomic E-state index is 0.125. The van der Waals surface area contributed by atoms with Crippen molar-refractivity contribution in [2.24, 2.45) is 0 Å². The molecule has 3 nitrogen and oxygen atoms in total. The second-order valence-corrected chi connectivity index (χ2v) is 3.86. The van der Waals surface area contributed by atoms with Crippen LogP contribution in [-0.2, 0) is 6.18 Å². The fourth-order valence-electron chi connectivity index (χ4n) is 1.43. The fraction of sp³-hybridized carbons (Fsp3) is 0.364. The highest BCUT2D eigenvalue weighted by Crippen LogP contribution is 2.33. The molecule has 0 aliphatic rings. The molecular formula is C11H9F6NO2. The van der Waals surface area contributed by atoms with Crippen LogP contribution >= 0.6 is 0 Å². The predicted octanol–water partition coefficient (Wildman–Crippen LogP) is 3.77. The van der Waals surface area contributed by atoms with E-state index >= 15 is 0 Å². The lowest BCUT2D eigenvalue weighted by molar-refractivity contribution is -0.138. The van der Waals surface area contributed by atoms with Crippen molar-refractivity contribution in [1.29, 1.82) is 0 Å². The summed E-state index contributed by atoms with van der Waals surface area (Å²) in [5, 5.41) is 10.9. The van der Waals surface area contributed by atoms with Crippen LogP contribution in [0.4, 0.5) is 32.0 Å². The second-order valence-electron chi connectivity index (χ2n) is 3.86. The highest BCUT2D eigenvalue weighted by Gasteiger charge is 2.35. The molecule has 0 spiro atoms. The van der Waals surface area contributed by atoms with Crippen LogP contribution in [0.3, 0.4) is 0 Å². The number of carbonyl (C=O) groups is 1. The number of anilines is 1. The molecule has 0 heterocycles. The summed E-state index contributed by atoms with van der Waals surface area (Å²) in [4.78, 5) is 10.7. The number of hydrogen-bond donors (Lipinski definition) is 2. The van der Waals surface area contributed by atoms with Gasteiger partial charge in [-0.3, -0.25) is 0 Å². The number of halogens is 6. The molecule has 1 aromatic carbocycles. The Balaban J connectivity index is 2.92. The molecule has 112 valence electrons. The summed E-state index contributed by atoms with van der Waals surface area (Å²) in [6, 6.07) is 2.05. The molecule has 0 unspecified atom stereocenters. The summed E-state index contributed by atoms with van der Waals surface area (Å²) in [6.07, 6.45) is -10.4. The lowest BCUT2D eigenvalue weighted by Gasteiger charge is -2.13. The monoisotopic (exact) mass is 301 g/mol. The van der Waals surface area contributed by atoms with Crippen LogP contribution < -0.4 is 5.32 Å². The van der Waals surface area contributed by atoms with Crippen LogP contribution in [0.2, 0.25) is 0 Å². The number of carboxylic acids is 1. The lowest BCUT2D eigenvalue weighted by atomic mass is 10.1. The first-order valence-corrected chi connectivity index (χ1v) is 5.26. The topological polar surface area (TPSA) is 49.3 Å². The second kappa shape index (κ2) is 5.59. The molecule has 0 radical (unpaired) electrons. The Bertz CT molecular complexity index is 495. The molecule has 0 fully saturated rings. The first-order valence-electron chi connectivity index (χ1n) is 5.26. The van der Waals surface area contributed by atoms with Gasteiger partial charge in [0, 0.05) is 12.2 Å². The van der Waals surface area contributed by atoms with Crippen LogP contribution in [0.25, 0.3) is 0 Å². The molecule has 0 saturated carbocycles. The van der Waals surface area contributed by atoms with E-state index in [1.54, 1.807) is 0 Å². The summed E-state index contributed by atoms with van der Waals surface area (Å²) in [6.45, 7) is -0.562. The Kier molecular flexibility index (Phi) is 4.51. The highest BCUT2D eigenvalue weighted by atomic mass is 19.4. The minimum Gasteiger partial charge on any atom is -0.478 e. The molecule has 9 heteroatoms. The van der Waals surface area contributed by atoms with Crippen LogP contribution in [-0.4, -0.2) is 23.8 Å². The van der Waals surface area contributed by atoms with E-state index in [1.807, 2.05) is 0 Å². The number of aromatic carboxylic acids is 1. The van der Waals surface area contributed by atoms with Gasteiger partial charge in [0.15, 0.2) is 0 Å². The van der Waals surface area contributed by atoms with Gasteiger partial charge in [-0.25, -0.2) is 4.79 Å². The first kappa shape index (κ1) is 16.1. The highest BCUT2D eigenvalue weighted by molar-refractivity contribution is 5.91. The third-order valence-electron chi connectivity index (χ3n) is 2.29. The number of benzene rings is 1. The first-order chi connectivity index (χ1) is 9.00. The molecule has 0 atom stereocenters. The molecule has 0 aromatic heterocycles. The van der Waals surface area contributed by atoms with Crippen LogP contribution in [0.1, 0.15) is 22.3 Å². The van der Waals surface area contributed by atoms with Crippen molar-refractivity contribution in [3.8, 4) is 0 Å². The van der Waals surface area contributed by atoms with Gasteiger partial charge in [-0.1, -0.05) is 0 Å². The summed E-state index contributed by atoms with van der Waals surface area (Å²) in [7, 11) is 0. The summed E-state index contributed by atoms with van der Waals surface area (Å²) < 4.78 is 73.3. The van der Waals surface area contributed by atoms with E-state index in [4.69, 9.17) is 5.11 Å². The van der Waals surface area contributed by atoms with E-state index in [9.17, 15) is 31.1 Å². The molecule has 2 N–H and O–H groups in total. The van der Waals surface area contributed by atoms with Crippen molar-refractivity contribution >= 4 is 11.7 Å². The Morgan fingerprint density at radius 3 is 2.20 bits per heavy atom. The van der Waals surface area contributed by atoms with E-state index in [-0.39, 0.29) is 5.69 Å². The van der Waals surface area contributed by atoms with Gasteiger partial charge in [0.05, 0.1) is 17.5 Å². The number of alkyl halides is 6. The standard InChI is InChI=1S/C11H9F6NO2/c12-10(13,14)3-4-18-6-1-2-8(11(15,16)17)7(5-6)9(19)20/h1-2,5,18H,3-4H2,(H,19,20). The van der Waals surface area contributed by atoms with Crippen molar-refractivity contribution < 1.29 is 36.2 Å². The van der Waals surface area contributed by atoms with E-state index < -0.39 is 42.4 Å². The molecule has 0 amide bonds. The molecule has 20 heavy (non-hydrogen) atoms. The van der Waals surface area contributed by atoms with Gasteiger partial charge in [-0.05, 0) is 18.2 Å². The summed E-state index contributed by atoms with van der Waals surface area (Å²) in [5.74, 6) is -1.81.